The molecule has 0 spiro atoms. The van der Waals surface area contributed by atoms with Crippen LogP contribution in [0, 0.1) is 0 Å². The van der Waals surface area contributed by atoms with Crippen molar-refractivity contribution in [2.45, 2.75) is 13.0 Å². The summed E-state index contributed by atoms with van der Waals surface area (Å²) < 4.78 is 5.41. The second-order valence-electron chi connectivity index (χ2n) is 7.32. The molecule has 1 fully saturated rings. The fourth-order valence-corrected chi connectivity index (χ4v) is 3.79. The molecule has 160 valence electrons. The summed E-state index contributed by atoms with van der Waals surface area (Å²) in [6.07, 6.45) is 5.29. The molecule has 0 atom stereocenters. The quantitative estimate of drug-likeness (QED) is 0.382. The molecule has 0 unspecified atom stereocenters. The van der Waals surface area contributed by atoms with E-state index in [-0.39, 0.29) is 24.0 Å². The van der Waals surface area contributed by atoms with Crippen LogP contribution in [-0.2, 0) is 11.3 Å². The van der Waals surface area contributed by atoms with Gasteiger partial charge in [-0.3, -0.25) is 4.99 Å². The maximum atomic E-state index is 5.41. The lowest BCUT2D eigenvalue weighted by Gasteiger charge is -2.30. The summed E-state index contributed by atoms with van der Waals surface area (Å²) in [5.74, 6) is 1.96. The minimum Gasteiger partial charge on any atom is -0.378 e. The van der Waals surface area contributed by atoms with Gasteiger partial charge in [-0.15, -0.1) is 24.0 Å². The Labute approximate surface area is 196 Å². The molecular formula is C23H30IN5O. The van der Waals surface area contributed by atoms with Gasteiger partial charge >= 0.3 is 0 Å². The second kappa shape index (κ2) is 11.3. The smallest absolute Gasteiger partial charge is 0.194 e. The van der Waals surface area contributed by atoms with E-state index >= 15 is 0 Å². The number of nitrogens with zero attached hydrogens (tertiary/aromatic N) is 4. The maximum absolute atomic E-state index is 5.41. The molecule has 2 aromatic rings. The van der Waals surface area contributed by atoms with Crippen molar-refractivity contribution in [3.8, 4) is 0 Å². The number of rotatable bonds is 4. The largest absolute Gasteiger partial charge is 0.378 e. The highest BCUT2D eigenvalue weighted by molar-refractivity contribution is 14.0. The van der Waals surface area contributed by atoms with Crippen LogP contribution in [0.25, 0.3) is 5.57 Å². The van der Waals surface area contributed by atoms with Crippen LogP contribution in [0.15, 0.2) is 59.7 Å². The monoisotopic (exact) mass is 519 g/mol. The molecule has 1 saturated heterocycles. The molecule has 1 aromatic carbocycles. The fourth-order valence-electron chi connectivity index (χ4n) is 3.79. The number of ether oxygens (including phenoxy) is 1. The summed E-state index contributed by atoms with van der Waals surface area (Å²) in [5.41, 5.74) is 3.89. The van der Waals surface area contributed by atoms with E-state index in [9.17, 15) is 0 Å². The van der Waals surface area contributed by atoms with Crippen LogP contribution in [0.1, 0.15) is 17.5 Å². The van der Waals surface area contributed by atoms with Gasteiger partial charge in [0.1, 0.15) is 5.82 Å². The van der Waals surface area contributed by atoms with Gasteiger partial charge in [0, 0.05) is 46.0 Å². The molecule has 1 N–H and O–H groups in total. The number of benzene rings is 1. The SMILES string of the molecule is CN=C(NCc1ccc(N2CCOCC2)nc1)N1CC=C(c2ccccc2)CC1.I. The lowest BCUT2D eigenvalue weighted by atomic mass is 10.00. The van der Waals surface area contributed by atoms with Gasteiger partial charge in [-0.1, -0.05) is 42.5 Å². The number of halogens is 1. The lowest BCUT2D eigenvalue weighted by Crippen LogP contribution is -2.43. The van der Waals surface area contributed by atoms with E-state index in [2.05, 4.69) is 73.6 Å². The van der Waals surface area contributed by atoms with Crippen LogP contribution < -0.4 is 10.2 Å². The van der Waals surface area contributed by atoms with Crippen LogP contribution in [0.5, 0.6) is 0 Å². The molecule has 2 aliphatic heterocycles. The number of morpholine rings is 1. The summed E-state index contributed by atoms with van der Waals surface area (Å²) in [4.78, 5) is 13.7. The van der Waals surface area contributed by atoms with Crippen molar-refractivity contribution in [2.24, 2.45) is 4.99 Å². The molecule has 3 heterocycles. The third-order valence-corrected chi connectivity index (χ3v) is 5.46. The number of aliphatic imine (C=N–C) groups is 1. The topological polar surface area (TPSA) is 53.0 Å². The Morgan fingerprint density at radius 1 is 1.10 bits per heavy atom. The summed E-state index contributed by atoms with van der Waals surface area (Å²) in [6.45, 7) is 5.92. The molecule has 0 aliphatic carbocycles. The molecule has 1 aromatic heterocycles. The van der Waals surface area contributed by atoms with Gasteiger partial charge in [-0.2, -0.15) is 0 Å². The van der Waals surface area contributed by atoms with Crippen molar-refractivity contribution >= 4 is 41.3 Å². The van der Waals surface area contributed by atoms with Crippen molar-refractivity contribution in [2.75, 3.05) is 51.3 Å². The summed E-state index contributed by atoms with van der Waals surface area (Å²) in [7, 11) is 1.85. The lowest BCUT2D eigenvalue weighted by molar-refractivity contribution is 0.122. The van der Waals surface area contributed by atoms with Gasteiger partial charge in [-0.25, -0.2) is 4.98 Å². The number of nitrogens with one attached hydrogen (secondary N) is 1. The highest BCUT2D eigenvalue weighted by Crippen LogP contribution is 2.22. The van der Waals surface area contributed by atoms with Gasteiger partial charge in [0.2, 0.25) is 0 Å². The molecule has 4 rings (SSSR count). The summed E-state index contributed by atoms with van der Waals surface area (Å²) in [5, 5.41) is 3.48. The van der Waals surface area contributed by atoms with E-state index < -0.39 is 0 Å². The van der Waals surface area contributed by atoms with E-state index in [0.717, 1.165) is 69.7 Å². The summed E-state index contributed by atoms with van der Waals surface area (Å²) >= 11 is 0. The van der Waals surface area contributed by atoms with Crippen molar-refractivity contribution < 1.29 is 4.74 Å². The molecule has 2 aliphatic rings. The molecule has 0 saturated carbocycles. The normalized spacial score (nSPS) is 17.2. The molecule has 6 nitrogen and oxygen atoms in total. The Morgan fingerprint density at radius 2 is 1.90 bits per heavy atom. The number of anilines is 1. The number of aromatic nitrogens is 1. The van der Waals surface area contributed by atoms with Crippen molar-refractivity contribution in [3.63, 3.8) is 0 Å². The van der Waals surface area contributed by atoms with Crippen molar-refractivity contribution in [1.29, 1.82) is 0 Å². The zero-order chi connectivity index (χ0) is 19.9. The Bertz CT molecular complexity index is 848. The molecule has 0 radical (unpaired) electrons. The van der Waals surface area contributed by atoms with E-state index in [1.165, 1.54) is 11.1 Å². The highest BCUT2D eigenvalue weighted by atomic mass is 127. The zero-order valence-corrected chi connectivity index (χ0v) is 19.8. The van der Waals surface area contributed by atoms with Gasteiger partial charge in [0.25, 0.3) is 0 Å². The van der Waals surface area contributed by atoms with E-state index in [1.54, 1.807) is 0 Å². The molecule has 0 amide bonds. The van der Waals surface area contributed by atoms with E-state index in [0.29, 0.717) is 0 Å². The van der Waals surface area contributed by atoms with Gasteiger partial charge in [0.05, 0.1) is 13.2 Å². The fraction of sp³-hybridized carbons (Fsp3) is 0.391. The van der Waals surface area contributed by atoms with Gasteiger partial charge < -0.3 is 19.9 Å². The third-order valence-electron chi connectivity index (χ3n) is 5.46. The highest BCUT2D eigenvalue weighted by Gasteiger charge is 2.16. The first-order valence-electron chi connectivity index (χ1n) is 10.3. The van der Waals surface area contributed by atoms with Gasteiger partial charge in [-0.05, 0) is 29.2 Å². The zero-order valence-electron chi connectivity index (χ0n) is 17.5. The Morgan fingerprint density at radius 3 is 2.53 bits per heavy atom. The first kappa shape index (κ1) is 22.6. The Balaban J connectivity index is 0.00000256. The molecule has 0 bridgehead atoms. The van der Waals surface area contributed by atoms with Crippen molar-refractivity contribution in [1.82, 2.24) is 15.2 Å². The van der Waals surface area contributed by atoms with Crippen LogP contribution in [0.4, 0.5) is 5.82 Å². The molecular weight excluding hydrogens is 489 g/mol. The van der Waals surface area contributed by atoms with Gasteiger partial charge in [0.15, 0.2) is 5.96 Å². The second-order valence-corrected chi connectivity index (χ2v) is 7.32. The van der Waals surface area contributed by atoms with Crippen LogP contribution in [0.3, 0.4) is 0 Å². The molecule has 7 heteroatoms. The van der Waals surface area contributed by atoms with E-state index in [4.69, 9.17) is 4.74 Å². The van der Waals surface area contributed by atoms with Crippen LogP contribution >= 0.6 is 24.0 Å². The third kappa shape index (κ3) is 5.72. The average molecular weight is 519 g/mol. The average Bonchev–Trinajstić information content (AvgIpc) is 2.81. The number of hydrogen-bond donors (Lipinski definition) is 1. The first-order valence-corrected chi connectivity index (χ1v) is 10.3. The Kier molecular flexibility index (Phi) is 8.50. The minimum absolute atomic E-state index is 0. The number of guanidine groups is 1. The number of hydrogen-bond acceptors (Lipinski definition) is 4. The minimum atomic E-state index is 0. The van der Waals surface area contributed by atoms with E-state index in [1.807, 2.05) is 13.2 Å². The summed E-state index contributed by atoms with van der Waals surface area (Å²) in [6, 6.07) is 14.9. The van der Waals surface area contributed by atoms with Crippen LogP contribution in [-0.4, -0.2) is 62.3 Å². The molecule has 30 heavy (non-hydrogen) atoms. The predicted molar refractivity (Wildman–Crippen MR) is 133 cm³/mol. The van der Waals surface area contributed by atoms with Crippen LogP contribution in [0.2, 0.25) is 0 Å². The van der Waals surface area contributed by atoms with Crippen molar-refractivity contribution in [3.05, 3.63) is 65.9 Å². The first-order chi connectivity index (χ1) is 14.3. The standard InChI is InChI=1S/C23H29N5O.HI/c1-24-23(28-11-9-21(10-12-28)20-5-3-2-4-6-20)26-18-19-7-8-22(25-17-19)27-13-15-29-16-14-27;/h2-9,17H,10-16,18H2,1H3,(H,24,26);1H. The maximum Gasteiger partial charge on any atom is 0.194 e. The Hall–Kier alpha value is -2.13. The number of pyridine rings is 1. The predicted octanol–water partition coefficient (Wildman–Crippen LogP) is 3.40.